The second-order valence-corrected chi connectivity index (χ2v) is 4.80. The average Bonchev–Trinajstić information content (AvgIpc) is 2.26. The normalized spacial score (nSPS) is 11.7. The van der Waals surface area contributed by atoms with E-state index in [4.69, 9.17) is 10.0 Å². The van der Waals surface area contributed by atoms with Crippen LogP contribution in [0.4, 0.5) is 13.2 Å². The maximum atomic E-state index is 12.0. The van der Waals surface area contributed by atoms with Crippen LogP contribution in [0.1, 0.15) is 6.99 Å². The van der Waals surface area contributed by atoms with Gasteiger partial charge >= 0.3 is 74.3 Å². The fourth-order valence-electron chi connectivity index (χ4n) is 0.986. The third-order valence-corrected chi connectivity index (χ3v) is 2.79. The summed E-state index contributed by atoms with van der Waals surface area (Å²) in [6.07, 6.45) is 0. The molecule has 0 aromatic heterocycles. The number of halogens is 3. The summed E-state index contributed by atoms with van der Waals surface area (Å²) in [7, 11) is -7.69. The number of rotatable bonds is 5. The molecule has 0 bridgehead atoms. The van der Waals surface area contributed by atoms with E-state index in [1.807, 2.05) is 0 Å². The summed E-state index contributed by atoms with van der Waals surface area (Å²) in [5.74, 6) is -0.523. The fraction of sp³-hybridized carbons (Fsp3) is 0.250. The Labute approximate surface area is 157 Å². The Balaban J connectivity index is 0. The molecule has 0 radical (unpaired) electrons. The van der Waals surface area contributed by atoms with Gasteiger partial charge in [0.25, 0.3) is 0 Å². The van der Waals surface area contributed by atoms with E-state index in [2.05, 4.69) is 8.84 Å². The van der Waals surface area contributed by atoms with Gasteiger partial charge in [-0.05, 0) is 17.7 Å². The Kier molecular flexibility index (Phi) is 8.24. The molecule has 0 aliphatic rings. The molecule has 0 fully saturated rings. The molecule has 12 heteroatoms. The minimum absolute atomic E-state index is 0. The van der Waals surface area contributed by atoms with Crippen molar-refractivity contribution in [2.45, 2.75) is 12.1 Å². The third-order valence-electron chi connectivity index (χ3n) is 1.81. The first-order valence-corrected chi connectivity index (χ1v) is 6.10. The molecular weight excluding hydrogens is 331 g/mol. The van der Waals surface area contributed by atoms with Gasteiger partial charge < -0.3 is 20.3 Å². The van der Waals surface area contributed by atoms with Crippen molar-refractivity contribution in [2.75, 3.05) is 0 Å². The average molecular weight is 340 g/mol. The van der Waals surface area contributed by atoms with Crippen LogP contribution < -0.4 is 55.6 Å². The predicted octanol–water partition coefficient (Wildman–Crippen LogP) is -2.48. The third kappa shape index (κ3) is 6.41. The van der Waals surface area contributed by atoms with Gasteiger partial charge in [-0.2, -0.15) is 21.6 Å². The molecule has 6 nitrogen and oxygen atoms in total. The summed E-state index contributed by atoms with van der Waals surface area (Å²) in [5, 5.41) is 16.8. The molecule has 1 aromatic carbocycles. The Hall–Kier alpha value is 0.341. The van der Waals surface area contributed by atoms with Gasteiger partial charge in [0.2, 0.25) is 0 Å². The van der Waals surface area contributed by atoms with Gasteiger partial charge in [0, 0.05) is 0 Å². The Morgan fingerprint density at radius 3 is 2.10 bits per heavy atom. The van der Waals surface area contributed by atoms with Crippen molar-refractivity contribution < 1.29 is 93.3 Å². The van der Waals surface area contributed by atoms with E-state index in [0.29, 0.717) is 5.56 Å². The molecule has 2 N–H and O–H groups in total. The van der Waals surface area contributed by atoms with Crippen LogP contribution in [0.2, 0.25) is 0 Å². The number of alkyl halides is 3. The quantitative estimate of drug-likeness (QED) is 0.350. The molecular formula is C8H9BF3KO6S. The number of hydrogen-bond acceptors (Lipinski definition) is 6. The van der Waals surface area contributed by atoms with Crippen LogP contribution in [0, 0.1) is 0 Å². The second-order valence-electron chi connectivity index (χ2n) is 3.26. The van der Waals surface area contributed by atoms with E-state index in [-0.39, 0.29) is 59.4 Å². The first kappa shape index (κ1) is 20.3. The molecule has 0 heterocycles. The van der Waals surface area contributed by atoms with Gasteiger partial charge in [0.05, 0.1) is 6.61 Å². The van der Waals surface area contributed by atoms with Crippen molar-refractivity contribution in [3.8, 4) is 5.75 Å². The monoisotopic (exact) mass is 340 g/mol. The van der Waals surface area contributed by atoms with Crippen molar-refractivity contribution in [1.82, 2.24) is 0 Å². The van der Waals surface area contributed by atoms with Crippen LogP contribution >= 0.6 is 0 Å². The Morgan fingerprint density at radius 1 is 1.20 bits per heavy atom. The second kappa shape index (κ2) is 8.10. The summed E-state index contributed by atoms with van der Waals surface area (Å²) in [5.41, 5.74) is -5.12. The van der Waals surface area contributed by atoms with Crippen molar-refractivity contribution in [2.24, 2.45) is 0 Å². The topological polar surface area (TPSA) is 93.1 Å². The maximum absolute atomic E-state index is 12.0. The van der Waals surface area contributed by atoms with Crippen molar-refractivity contribution >= 4 is 17.4 Å². The van der Waals surface area contributed by atoms with E-state index < -0.39 is 28.7 Å². The zero-order valence-electron chi connectivity index (χ0n) is 11.2. The van der Waals surface area contributed by atoms with Crippen LogP contribution in [-0.4, -0.2) is 31.3 Å². The van der Waals surface area contributed by atoms with Gasteiger partial charge in [0.15, 0.2) is 0 Å². The summed E-state index contributed by atoms with van der Waals surface area (Å²) in [6, 6.07) is 4.38. The molecule has 0 saturated heterocycles. The van der Waals surface area contributed by atoms with Crippen LogP contribution in [0.25, 0.3) is 0 Å². The van der Waals surface area contributed by atoms with E-state index in [1.54, 1.807) is 0 Å². The molecule has 0 spiro atoms. The summed E-state index contributed by atoms with van der Waals surface area (Å²) < 4.78 is 65.7. The first-order valence-electron chi connectivity index (χ1n) is 4.69. The molecule has 0 saturated carbocycles. The maximum Gasteiger partial charge on any atom is 1.00 e. The molecule has 20 heavy (non-hydrogen) atoms. The van der Waals surface area contributed by atoms with Crippen molar-refractivity contribution in [3.63, 3.8) is 0 Å². The van der Waals surface area contributed by atoms with Gasteiger partial charge in [-0.15, -0.1) is 0 Å². The molecule has 1 rings (SSSR count). The van der Waals surface area contributed by atoms with Gasteiger partial charge in [0.1, 0.15) is 5.75 Å². The van der Waals surface area contributed by atoms with Crippen LogP contribution in [0.3, 0.4) is 0 Å². The molecule has 0 atom stereocenters. The minimum atomic E-state index is -5.70. The van der Waals surface area contributed by atoms with Gasteiger partial charge in [-0.3, -0.25) is 0 Å². The largest absolute Gasteiger partial charge is 1.00 e. The van der Waals surface area contributed by atoms with Crippen molar-refractivity contribution in [3.05, 3.63) is 29.8 Å². The Morgan fingerprint density at radius 2 is 1.70 bits per heavy atom. The van der Waals surface area contributed by atoms with E-state index >= 15 is 0 Å². The van der Waals surface area contributed by atoms with E-state index in [0.717, 1.165) is 12.1 Å². The Bertz CT molecular complexity index is 524. The fourth-order valence-corrected chi connectivity index (χ4v) is 1.44. The summed E-state index contributed by atoms with van der Waals surface area (Å²) in [4.78, 5) is 0. The smallest absolute Gasteiger partial charge is 1.00 e. The number of benzene rings is 1. The molecule has 0 aliphatic carbocycles. The SMILES string of the molecule is O=S(=O)(Oc1ccc(COB(O)O)cc1)C(F)(F)F.[H-].[K+]. The predicted molar refractivity (Wildman–Crippen MR) is 58.1 cm³/mol. The van der Waals surface area contributed by atoms with E-state index in [9.17, 15) is 21.6 Å². The molecule has 108 valence electrons. The molecule has 1 aromatic rings. The molecule has 0 aliphatic heterocycles. The van der Waals surface area contributed by atoms with Crippen LogP contribution in [0.5, 0.6) is 5.75 Å². The minimum Gasteiger partial charge on any atom is -1.00 e. The zero-order valence-corrected chi connectivity index (χ0v) is 14.1. The van der Waals surface area contributed by atoms with Crippen LogP contribution in [-0.2, 0) is 21.4 Å². The standard InChI is InChI=1S/C8H8BF3O6S.K.H/c10-8(11,12)19(15,16)18-7-3-1-6(2-4-7)5-17-9(13)14;;/h1-4,13-14H,5H2;;/q;+1;-1. The molecule has 0 amide bonds. The van der Waals surface area contributed by atoms with E-state index in [1.165, 1.54) is 12.1 Å². The van der Waals surface area contributed by atoms with Gasteiger partial charge in [-0.1, -0.05) is 12.1 Å². The number of hydrogen-bond donors (Lipinski definition) is 2. The van der Waals surface area contributed by atoms with Gasteiger partial charge in [-0.25, -0.2) is 0 Å². The summed E-state index contributed by atoms with van der Waals surface area (Å²) >= 11 is 0. The zero-order chi connectivity index (χ0) is 14.7. The van der Waals surface area contributed by atoms with Crippen LogP contribution in [0.15, 0.2) is 24.3 Å². The first-order chi connectivity index (χ1) is 8.62. The summed E-state index contributed by atoms with van der Waals surface area (Å²) in [6.45, 7) is -0.218. The van der Waals surface area contributed by atoms with Crippen molar-refractivity contribution in [1.29, 1.82) is 0 Å². The molecule has 0 unspecified atom stereocenters.